The summed E-state index contributed by atoms with van der Waals surface area (Å²) in [6.45, 7) is 4.37. The highest BCUT2D eigenvalue weighted by atomic mass is 16.5. The molecule has 0 unspecified atom stereocenters. The van der Waals surface area contributed by atoms with Crippen molar-refractivity contribution in [1.82, 2.24) is 0 Å². The molecule has 0 saturated heterocycles. The third-order valence-electron chi connectivity index (χ3n) is 2.34. The molecule has 1 aromatic carbocycles. The molecule has 1 radical (unpaired) electrons. The highest BCUT2D eigenvalue weighted by molar-refractivity contribution is 5.41. The van der Waals surface area contributed by atoms with Crippen molar-refractivity contribution in [1.29, 1.82) is 0 Å². The number of rotatable bonds is 5. The Morgan fingerprint density at radius 2 is 1.57 bits per heavy atom. The van der Waals surface area contributed by atoms with Gasteiger partial charge in [-0.15, -0.1) is 0 Å². The van der Waals surface area contributed by atoms with Crippen molar-refractivity contribution in [3.63, 3.8) is 0 Å². The molecule has 1 heteroatoms. The van der Waals surface area contributed by atoms with Gasteiger partial charge in [-0.2, -0.15) is 0 Å². The second kappa shape index (κ2) is 5.69. The number of hydrogen-bond acceptors (Lipinski definition) is 1. The molecule has 0 spiro atoms. The van der Waals surface area contributed by atoms with Gasteiger partial charge in [0.1, 0.15) is 5.75 Å². The first-order valence-electron chi connectivity index (χ1n) is 5.39. The first-order valence-corrected chi connectivity index (χ1v) is 5.39. The minimum atomic E-state index is 1.08. The zero-order valence-corrected chi connectivity index (χ0v) is 9.39. The number of benzene rings is 1. The van der Waals surface area contributed by atoms with E-state index < -0.39 is 0 Å². The molecule has 0 fully saturated rings. The van der Waals surface area contributed by atoms with Crippen LogP contribution >= 0.6 is 0 Å². The van der Waals surface area contributed by atoms with Crippen molar-refractivity contribution in [2.24, 2.45) is 0 Å². The SMILES string of the molecule is CCCc1c[c]cc(CCC)c1OC. The van der Waals surface area contributed by atoms with Crippen molar-refractivity contribution >= 4 is 0 Å². The van der Waals surface area contributed by atoms with Crippen LogP contribution in [0.4, 0.5) is 0 Å². The Morgan fingerprint density at radius 3 is 1.93 bits per heavy atom. The van der Waals surface area contributed by atoms with Gasteiger partial charge >= 0.3 is 0 Å². The summed E-state index contributed by atoms with van der Waals surface area (Å²) in [5.74, 6) is 1.08. The van der Waals surface area contributed by atoms with Gasteiger partial charge in [-0.05, 0) is 42.2 Å². The van der Waals surface area contributed by atoms with Gasteiger partial charge in [-0.1, -0.05) is 26.7 Å². The maximum Gasteiger partial charge on any atom is 0.125 e. The van der Waals surface area contributed by atoms with E-state index in [-0.39, 0.29) is 0 Å². The van der Waals surface area contributed by atoms with E-state index >= 15 is 0 Å². The largest absolute Gasteiger partial charge is 0.496 e. The molecule has 0 heterocycles. The Morgan fingerprint density at radius 1 is 1.07 bits per heavy atom. The first kappa shape index (κ1) is 11.1. The van der Waals surface area contributed by atoms with E-state index in [0.717, 1.165) is 31.4 Å². The van der Waals surface area contributed by atoms with Gasteiger partial charge in [0.25, 0.3) is 0 Å². The predicted molar refractivity (Wildman–Crippen MR) is 59.8 cm³/mol. The Hall–Kier alpha value is -0.980. The van der Waals surface area contributed by atoms with E-state index in [2.05, 4.69) is 19.9 Å². The van der Waals surface area contributed by atoms with Crippen molar-refractivity contribution in [3.05, 3.63) is 29.3 Å². The average molecular weight is 191 g/mol. The van der Waals surface area contributed by atoms with Gasteiger partial charge in [0.15, 0.2) is 0 Å². The second-order valence-corrected chi connectivity index (χ2v) is 3.54. The van der Waals surface area contributed by atoms with Crippen LogP contribution in [0.2, 0.25) is 0 Å². The molecular weight excluding hydrogens is 172 g/mol. The van der Waals surface area contributed by atoms with Gasteiger partial charge < -0.3 is 4.74 Å². The van der Waals surface area contributed by atoms with E-state index in [4.69, 9.17) is 4.74 Å². The number of methoxy groups -OCH3 is 1. The lowest BCUT2D eigenvalue weighted by atomic mass is 10.0. The molecule has 0 aliphatic heterocycles. The van der Waals surface area contributed by atoms with Crippen LogP contribution in [0.1, 0.15) is 37.8 Å². The molecule has 0 aliphatic rings. The maximum absolute atomic E-state index is 5.46. The lowest BCUT2D eigenvalue weighted by molar-refractivity contribution is 0.404. The van der Waals surface area contributed by atoms with Crippen LogP contribution < -0.4 is 4.74 Å². The summed E-state index contributed by atoms with van der Waals surface area (Å²) in [4.78, 5) is 0. The van der Waals surface area contributed by atoms with Gasteiger partial charge in [0.2, 0.25) is 0 Å². The van der Waals surface area contributed by atoms with E-state index in [9.17, 15) is 0 Å². The van der Waals surface area contributed by atoms with E-state index in [1.807, 2.05) is 12.1 Å². The molecular formula is C13H19O. The van der Waals surface area contributed by atoms with Crippen molar-refractivity contribution in [2.75, 3.05) is 7.11 Å². The minimum absolute atomic E-state index is 1.08. The molecule has 14 heavy (non-hydrogen) atoms. The van der Waals surface area contributed by atoms with Crippen LogP contribution in [0.15, 0.2) is 12.1 Å². The summed E-state index contributed by atoms with van der Waals surface area (Å²) < 4.78 is 5.46. The van der Waals surface area contributed by atoms with Crippen molar-refractivity contribution < 1.29 is 4.74 Å². The number of hydrogen-bond donors (Lipinski definition) is 0. The van der Waals surface area contributed by atoms with Crippen molar-refractivity contribution in [2.45, 2.75) is 39.5 Å². The van der Waals surface area contributed by atoms with Crippen LogP contribution in [0.3, 0.4) is 0 Å². The third kappa shape index (κ3) is 2.50. The van der Waals surface area contributed by atoms with Crippen LogP contribution in [-0.2, 0) is 12.8 Å². The fourth-order valence-corrected chi connectivity index (χ4v) is 1.75. The van der Waals surface area contributed by atoms with Crippen LogP contribution in [-0.4, -0.2) is 7.11 Å². The Bertz CT molecular complexity index is 254. The van der Waals surface area contributed by atoms with Crippen LogP contribution in [0, 0.1) is 6.07 Å². The fraction of sp³-hybridized carbons (Fsp3) is 0.538. The fourth-order valence-electron chi connectivity index (χ4n) is 1.75. The summed E-state index contributed by atoms with van der Waals surface area (Å²) in [5.41, 5.74) is 2.59. The number of ether oxygens (including phenoxy) is 1. The topological polar surface area (TPSA) is 9.23 Å². The lowest BCUT2D eigenvalue weighted by Gasteiger charge is -2.12. The Labute approximate surface area is 87.1 Å². The van der Waals surface area contributed by atoms with Crippen LogP contribution in [0.25, 0.3) is 0 Å². The quantitative estimate of drug-likeness (QED) is 0.693. The second-order valence-electron chi connectivity index (χ2n) is 3.54. The zero-order chi connectivity index (χ0) is 10.4. The predicted octanol–water partition coefficient (Wildman–Crippen LogP) is 3.40. The van der Waals surface area contributed by atoms with E-state index in [1.54, 1.807) is 7.11 Å². The Kier molecular flexibility index (Phi) is 4.51. The van der Waals surface area contributed by atoms with E-state index in [0.29, 0.717) is 0 Å². The number of aryl methyl sites for hydroxylation is 2. The monoisotopic (exact) mass is 191 g/mol. The summed E-state index contributed by atoms with van der Waals surface area (Å²) in [5, 5.41) is 0. The smallest absolute Gasteiger partial charge is 0.125 e. The molecule has 1 aromatic rings. The third-order valence-corrected chi connectivity index (χ3v) is 2.34. The zero-order valence-electron chi connectivity index (χ0n) is 9.39. The Balaban J connectivity index is 2.98. The first-order chi connectivity index (χ1) is 6.83. The molecule has 0 bridgehead atoms. The standard InChI is InChI=1S/C13H19O/c1-4-7-11-9-6-10-12(8-5-2)13(11)14-3/h9-10H,4-5,7-8H2,1-3H3. The van der Waals surface area contributed by atoms with Gasteiger partial charge in [0.05, 0.1) is 7.11 Å². The lowest BCUT2D eigenvalue weighted by Crippen LogP contribution is -1.97. The molecule has 0 amide bonds. The van der Waals surface area contributed by atoms with Gasteiger partial charge in [0, 0.05) is 0 Å². The van der Waals surface area contributed by atoms with Crippen molar-refractivity contribution in [3.8, 4) is 5.75 Å². The normalized spacial score (nSPS) is 10.2. The summed E-state index contributed by atoms with van der Waals surface area (Å²) in [7, 11) is 1.76. The summed E-state index contributed by atoms with van der Waals surface area (Å²) in [6, 6.07) is 7.28. The maximum atomic E-state index is 5.46. The molecule has 0 atom stereocenters. The van der Waals surface area contributed by atoms with E-state index in [1.165, 1.54) is 11.1 Å². The highest BCUT2D eigenvalue weighted by Gasteiger charge is 2.06. The average Bonchev–Trinajstić information content (AvgIpc) is 2.19. The molecule has 77 valence electrons. The molecule has 1 rings (SSSR count). The van der Waals surface area contributed by atoms with Gasteiger partial charge in [-0.25, -0.2) is 0 Å². The summed E-state index contributed by atoms with van der Waals surface area (Å²) in [6.07, 6.45) is 4.47. The summed E-state index contributed by atoms with van der Waals surface area (Å²) >= 11 is 0. The molecule has 0 aliphatic carbocycles. The molecule has 1 nitrogen and oxygen atoms in total. The van der Waals surface area contributed by atoms with Crippen LogP contribution in [0.5, 0.6) is 5.75 Å². The highest BCUT2D eigenvalue weighted by Crippen LogP contribution is 2.25. The minimum Gasteiger partial charge on any atom is -0.496 e. The molecule has 0 N–H and O–H groups in total. The van der Waals surface area contributed by atoms with Gasteiger partial charge in [-0.3, -0.25) is 0 Å². The molecule has 0 aromatic heterocycles. The molecule has 0 saturated carbocycles.